The second-order valence-electron chi connectivity index (χ2n) is 5.76. The van der Waals surface area contributed by atoms with Crippen LogP contribution in [0.15, 0.2) is 15.8 Å². The van der Waals surface area contributed by atoms with Crippen molar-refractivity contribution in [2.75, 3.05) is 5.08 Å². The van der Waals surface area contributed by atoms with E-state index in [1.807, 2.05) is 6.92 Å². The molecule has 4 atom stereocenters. The maximum Gasteiger partial charge on any atom is 0.353 e. The molecule has 0 spiro atoms. The van der Waals surface area contributed by atoms with Crippen molar-refractivity contribution in [1.29, 1.82) is 0 Å². The number of carbonyl (C=O) groups excluding carboxylic acids is 1. The molecular formula is C13H17N5O4S2. The van der Waals surface area contributed by atoms with Gasteiger partial charge in [0, 0.05) is 17.9 Å². The van der Waals surface area contributed by atoms with Gasteiger partial charge in [-0.3, -0.25) is 4.79 Å². The zero-order valence-corrected chi connectivity index (χ0v) is 14.9. The standard InChI is InChI=1S/C13H17N5O4S2/c1-5-8-7(6(2)19)11(20)18(8)9(12(21)22)10(5)23-4-24-13-14-15-16-17(13)3/h5-8,19H,4H2,1-3H3,(H,21,22)/t5-,6-,7-,8-/m1/s1. The number of carboxylic acid groups (broad SMARTS) is 1. The molecule has 2 aliphatic rings. The lowest BCUT2D eigenvalue weighted by Crippen LogP contribution is -2.63. The molecule has 0 aliphatic carbocycles. The van der Waals surface area contributed by atoms with Gasteiger partial charge < -0.3 is 15.1 Å². The van der Waals surface area contributed by atoms with Crippen molar-refractivity contribution in [3.05, 3.63) is 10.6 Å². The van der Waals surface area contributed by atoms with Gasteiger partial charge in [-0.2, -0.15) is 0 Å². The highest BCUT2D eigenvalue weighted by atomic mass is 32.2. The van der Waals surface area contributed by atoms with Crippen LogP contribution in [0.3, 0.4) is 0 Å². The molecule has 1 amide bonds. The summed E-state index contributed by atoms with van der Waals surface area (Å²) in [5.41, 5.74) is 0.0380. The Kier molecular flexibility index (Phi) is 4.58. The third-order valence-corrected chi connectivity index (χ3v) is 6.72. The predicted molar refractivity (Wildman–Crippen MR) is 86.7 cm³/mol. The average molecular weight is 371 g/mol. The van der Waals surface area contributed by atoms with Crippen molar-refractivity contribution >= 4 is 35.4 Å². The van der Waals surface area contributed by atoms with Crippen LogP contribution in [0.5, 0.6) is 0 Å². The lowest BCUT2D eigenvalue weighted by Gasteiger charge is -2.46. The van der Waals surface area contributed by atoms with Crippen LogP contribution in [0.4, 0.5) is 0 Å². The molecule has 2 N–H and O–H groups in total. The van der Waals surface area contributed by atoms with Gasteiger partial charge in [-0.25, -0.2) is 9.48 Å². The predicted octanol–water partition coefficient (Wildman–Crippen LogP) is 0.147. The van der Waals surface area contributed by atoms with Crippen molar-refractivity contribution in [3.8, 4) is 0 Å². The van der Waals surface area contributed by atoms with Crippen molar-refractivity contribution in [3.63, 3.8) is 0 Å². The minimum Gasteiger partial charge on any atom is -0.477 e. The summed E-state index contributed by atoms with van der Waals surface area (Å²) in [6, 6.07) is -0.285. The fourth-order valence-corrected chi connectivity index (χ4v) is 5.41. The first-order valence-electron chi connectivity index (χ1n) is 7.31. The highest BCUT2D eigenvalue weighted by molar-refractivity contribution is 8.17. The lowest BCUT2D eigenvalue weighted by atomic mass is 9.79. The number of aryl methyl sites for hydroxylation is 1. The van der Waals surface area contributed by atoms with E-state index in [1.165, 1.54) is 33.1 Å². The van der Waals surface area contributed by atoms with Gasteiger partial charge in [0.2, 0.25) is 11.1 Å². The Bertz CT molecular complexity index is 719. The molecule has 0 bridgehead atoms. The Morgan fingerprint density at radius 2 is 2.12 bits per heavy atom. The van der Waals surface area contributed by atoms with Crippen LogP contribution < -0.4 is 0 Å². The molecular weight excluding hydrogens is 354 g/mol. The first-order valence-corrected chi connectivity index (χ1v) is 9.28. The molecule has 1 aromatic heterocycles. The second-order valence-corrected chi connectivity index (χ2v) is 8.09. The van der Waals surface area contributed by atoms with Crippen LogP contribution in [0, 0.1) is 11.8 Å². The largest absolute Gasteiger partial charge is 0.477 e. The van der Waals surface area contributed by atoms with Gasteiger partial charge in [-0.05, 0) is 17.4 Å². The fourth-order valence-electron chi connectivity index (χ4n) is 3.20. The summed E-state index contributed by atoms with van der Waals surface area (Å²) in [7, 11) is 1.73. The summed E-state index contributed by atoms with van der Waals surface area (Å²) in [5, 5.41) is 31.6. The minimum absolute atomic E-state index is 0.0380. The van der Waals surface area contributed by atoms with Gasteiger partial charge >= 0.3 is 5.97 Å². The van der Waals surface area contributed by atoms with Crippen molar-refractivity contribution in [2.45, 2.75) is 31.1 Å². The number of rotatable bonds is 6. The number of hydrogen-bond donors (Lipinski definition) is 2. The second kappa shape index (κ2) is 6.37. The van der Waals surface area contributed by atoms with E-state index in [-0.39, 0.29) is 23.6 Å². The summed E-state index contributed by atoms with van der Waals surface area (Å²) in [6.45, 7) is 3.46. The quantitative estimate of drug-likeness (QED) is 0.409. The Balaban J connectivity index is 1.77. The van der Waals surface area contributed by atoms with Gasteiger partial charge in [0.25, 0.3) is 0 Å². The molecule has 9 nitrogen and oxygen atoms in total. The maximum atomic E-state index is 12.2. The molecule has 3 heterocycles. The summed E-state index contributed by atoms with van der Waals surface area (Å²) in [6.07, 6.45) is -0.792. The van der Waals surface area contributed by atoms with E-state index >= 15 is 0 Å². The number of carboxylic acids is 1. The molecule has 1 fully saturated rings. The molecule has 1 aromatic rings. The summed E-state index contributed by atoms with van der Waals surface area (Å²) in [4.78, 5) is 25.8. The van der Waals surface area contributed by atoms with E-state index in [2.05, 4.69) is 15.5 Å². The normalized spacial score (nSPS) is 27.2. The number of aliphatic hydroxyl groups is 1. The number of tetrazole rings is 1. The monoisotopic (exact) mass is 371 g/mol. The van der Waals surface area contributed by atoms with Gasteiger partial charge in [-0.15, -0.1) is 16.9 Å². The molecule has 1 saturated heterocycles. The Morgan fingerprint density at radius 1 is 1.42 bits per heavy atom. The molecule has 0 saturated carbocycles. The van der Waals surface area contributed by atoms with E-state index in [1.54, 1.807) is 14.0 Å². The smallest absolute Gasteiger partial charge is 0.353 e. The number of aliphatic carboxylic acids is 1. The third kappa shape index (κ3) is 2.60. The number of amides is 1. The van der Waals surface area contributed by atoms with Gasteiger partial charge in [-0.1, -0.05) is 18.7 Å². The Morgan fingerprint density at radius 3 is 2.67 bits per heavy atom. The van der Waals surface area contributed by atoms with E-state index in [0.29, 0.717) is 15.1 Å². The molecule has 0 aromatic carbocycles. The van der Waals surface area contributed by atoms with E-state index < -0.39 is 18.0 Å². The van der Waals surface area contributed by atoms with Crippen molar-refractivity contribution < 1.29 is 19.8 Å². The average Bonchev–Trinajstić information content (AvgIpc) is 3.00. The number of thioether (sulfide) groups is 2. The number of aromatic nitrogens is 4. The van der Waals surface area contributed by atoms with Crippen LogP contribution in [0.25, 0.3) is 0 Å². The highest BCUT2D eigenvalue weighted by Gasteiger charge is 2.59. The molecule has 0 radical (unpaired) electrons. The van der Waals surface area contributed by atoms with Gasteiger partial charge in [0.15, 0.2) is 0 Å². The minimum atomic E-state index is -1.12. The van der Waals surface area contributed by atoms with Gasteiger partial charge in [0.1, 0.15) is 5.70 Å². The summed E-state index contributed by atoms with van der Waals surface area (Å²) >= 11 is 2.77. The molecule has 3 rings (SSSR count). The highest BCUT2D eigenvalue weighted by Crippen LogP contribution is 2.51. The molecule has 24 heavy (non-hydrogen) atoms. The summed E-state index contributed by atoms with van der Waals surface area (Å²) in [5.74, 6) is -2.10. The van der Waals surface area contributed by atoms with Crippen LogP contribution in [0.2, 0.25) is 0 Å². The third-order valence-electron chi connectivity index (χ3n) is 4.29. The molecule has 0 unspecified atom stereocenters. The van der Waals surface area contributed by atoms with Gasteiger partial charge in [0.05, 0.1) is 23.1 Å². The number of fused-ring (bicyclic) bond motifs is 1. The lowest BCUT2D eigenvalue weighted by molar-refractivity contribution is -0.163. The fraction of sp³-hybridized carbons (Fsp3) is 0.615. The van der Waals surface area contributed by atoms with E-state index in [4.69, 9.17) is 0 Å². The summed E-state index contributed by atoms with van der Waals surface area (Å²) < 4.78 is 1.54. The zero-order valence-electron chi connectivity index (χ0n) is 13.3. The molecule has 11 heteroatoms. The first-order chi connectivity index (χ1) is 11.3. The molecule has 2 aliphatic heterocycles. The first kappa shape index (κ1) is 17.2. The van der Waals surface area contributed by atoms with Crippen LogP contribution in [0.1, 0.15) is 13.8 Å². The van der Waals surface area contributed by atoms with Crippen molar-refractivity contribution in [2.24, 2.45) is 18.9 Å². The Hall–Kier alpha value is -1.59. The SMILES string of the molecule is C[C@@H](O)[C@H]1C(=O)N2C(C(=O)O)=C(SCSc3nnnn3C)[C@H](C)[C@H]12. The van der Waals surface area contributed by atoms with E-state index in [9.17, 15) is 19.8 Å². The van der Waals surface area contributed by atoms with Crippen molar-refractivity contribution in [1.82, 2.24) is 25.1 Å². The molecule has 130 valence electrons. The number of aliphatic hydroxyl groups excluding tert-OH is 1. The van der Waals surface area contributed by atoms with Crippen LogP contribution >= 0.6 is 23.5 Å². The number of nitrogens with zero attached hydrogens (tertiary/aromatic N) is 5. The number of carbonyl (C=O) groups is 2. The maximum absolute atomic E-state index is 12.2. The number of hydrogen-bond acceptors (Lipinski definition) is 8. The Labute approximate surface area is 146 Å². The van der Waals surface area contributed by atoms with Crippen LogP contribution in [-0.2, 0) is 16.6 Å². The van der Waals surface area contributed by atoms with Crippen LogP contribution in [-0.4, -0.2) is 64.4 Å². The number of β-lactam (4-membered cyclic amide) rings is 1. The topological polar surface area (TPSA) is 121 Å². The van der Waals surface area contributed by atoms with E-state index in [0.717, 1.165) is 0 Å². The zero-order chi connectivity index (χ0) is 17.6.